The highest BCUT2D eigenvalue weighted by molar-refractivity contribution is 5.81. The van der Waals surface area contributed by atoms with Gasteiger partial charge in [-0.25, -0.2) is 9.18 Å². The molecule has 0 spiro atoms. The van der Waals surface area contributed by atoms with Crippen LogP contribution in [0.25, 0.3) is 0 Å². The molecule has 0 bridgehead atoms. The molecule has 1 heterocycles. The Hall–Kier alpha value is -2.29. The number of carbonyl (C=O) groups is 1. The molecule has 1 aromatic rings. The summed E-state index contributed by atoms with van der Waals surface area (Å²) < 4.78 is 32.0. The summed E-state index contributed by atoms with van der Waals surface area (Å²) >= 11 is 0. The van der Waals surface area contributed by atoms with Crippen molar-refractivity contribution in [3.05, 3.63) is 33.9 Å². The van der Waals surface area contributed by atoms with Gasteiger partial charge in [0, 0.05) is 32.2 Å². The SMILES string of the molecule is COC1CC(C(=O)O)N(c2cc(F)cc(F)c2[N+](=O)[O-])C1. The predicted octanol–water partition coefficient (Wildman–Crippen LogP) is 1.55. The van der Waals surface area contributed by atoms with E-state index in [9.17, 15) is 28.8 Å². The van der Waals surface area contributed by atoms with Crippen LogP contribution in [-0.2, 0) is 9.53 Å². The molecular formula is C12H12F2N2O5. The average Bonchev–Trinajstić information content (AvgIpc) is 2.81. The summed E-state index contributed by atoms with van der Waals surface area (Å²) in [4.78, 5) is 22.3. The molecule has 7 nitrogen and oxygen atoms in total. The fourth-order valence-corrected chi connectivity index (χ4v) is 2.42. The summed E-state index contributed by atoms with van der Waals surface area (Å²) in [5.41, 5.74) is -1.34. The molecule has 2 rings (SSSR count). The molecule has 1 N–H and O–H groups in total. The molecule has 1 fully saturated rings. The maximum absolute atomic E-state index is 13.6. The van der Waals surface area contributed by atoms with Gasteiger partial charge in [0.1, 0.15) is 17.5 Å². The molecule has 1 aliphatic rings. The minimum atomic E-state index is -1.35. The molecule has 2 unspecified atom stereocenters. The number of hydrogen-bond donors (Lipinski definition) is 1. The third-order valence-electron chi connectivity index (χ3n) is 3.38. The highest BCUT2D eigenvalue weighted by atomic mass is 19.1. The number of nitro benzene ring substituents is 1. The average molecular weight is 302 g/mol. The van der Waals surface area contributed by atoms with Gasteiger partial charge >= 0.3 is 11.7 Å². The highest BCUT2D eigenvalue weighted by Crippen LogP contribution is 2.36. The van der Waals surface area contributed by atoms with Crippen LogP contribution < -0.4 is 4.90 Å². The summed E-state index contributed by atoms with van der Waals surface area (Å²) in [5, 5.41) is 20.1. The van der Waals surface area contributed by atoms with Crippen molar-refractivity contribution in [1.82, 2.24) is 0 Å². The first-order chi connectivity index (χ1) is 9.85. The third-order valence-corrected chi connectivity index (χ3v) is 3.38. The number of carboxylic acids is 1. The van der Waals surface area contributed by atoms with Gasteiger partial charge < -0.3 is 14.7 Å². The Labute approximate surface area is 117 Å². The maximum Gasteiger partial charge on any atom is 0.328 e. The van der Waals surface area contributed by atoms with Gasteiger partial charge in [-0.1, -0.05) is 0 Å². The van der Waals surface area contributed by atoms with Crippen LogP contribution in [0.3, 0.4) is 0 Å². The van der Waals surface area contributed by atoms with Crippen molar-refractivity contribution < 1.29 is 28.3 Å². The molecule has 2 atom stereocenters. The molecule has 0 amide bonds. The summed E-state index contributed by atoms with van der Waals surface area (Å²) in [6, 6.07) is 0.00562. The van der Waals surface area contributed by atoms with E-state index in [4.69, 9.17) is 4.74 Å². The zero-order valence-electron chi connectivity index (χ0n) is 11.0. The van der Waals surface area contributed by atoms with Crippen LogP contribution in [0.4, 0.5) is 20.2 Å². The molecule has 1 aliphatic heterocycles. The zero-order chi connectivity index (χ0) is 15.7. The van der Waals surface area contributed by atoms with Crippen molar-refractivity contribution in [3.63, 3.8) is 0 Å². The van der Waals surface area contributed by atoms with E-state index < -0.39 is 46.0 Å². The minimum Gasteiger partial charge on any atom is -0.480 e. The summed E-state index contributed by atoms with van der Waals surface area (Å²) in [7, 11) is 1.37. The second kappa shape index (κ2) is 5.60. The van der Waals surface area contributed by atoms with Gasteiger partial charge in [0.05, 0.1) is 11.0 Å². The van der Waals surface area contributed by atoms with Crippen molar-refractivity contribution in [2.45, 2.75) is 18.6 Å². The standard InChI is InChI=1S/C12H12F2N2O5/c1-21-7-4-10(12(17)18)15(5-7)9-3-6(13)2-8(14)11(9)16(19)20/h2-3,7,10H,4-5H2,1H3,(H,17,18). The van der Waals surface area contributed by atoms with E-state index in [1.807, 2.05) is 0 Å². The Balaban J connectivity index is 2.53. The van der Waals surface area contributed by atoms with Gasteiger partial charge in [-0.05, 0) is 0 Å². The number of anilines is 1. The smallest absolute Gasteiger partial charge is 0.328 e. The predicted molar refractivity (Wildman–Crippen MR) is 67.2 cm³/mol. The van der Waals surface area contributed by atoms with Crippen LogP contribution in [0, 0.1) is 21.7 Å². The van der Waals surface area contributed by atoms with Crippen LogP contribution in [0.2, 0.25) is 0 Å². The summed E-state index contributed by atoms with van der Waals surface area (Å²) in [6.07, 6.45) is -0.418. The topological polar surface area (TPSA) is 92.9 Å². The number of hydrogen-bond acceptors (Lipinski definition) is 5. The van der Waals surface area contributed by atoms with E-state index in [1.165, 1.54) is 7.11 Å². The number of nitro groups is 1. The number of carboxylic acid groups (broad SMARTS) is 1. The van der Waals surface area contributed by atoms with Crippen LogP contribution in [0.15, 0.2) is 12.1 Å². The van der Waals surface area contributed by atoms with Gasteiger partial charge in [0.2, 0.25) is 5.82 Å². The zero-order valence-corrected chi connectivity index (χ0v) is 11.0. The van der Waals surface area contributed by atoms with Gasteiger partial charge in [-0.2, -0.15) is 4.39 Å². The normalized spacial score (nSPS) is 21.6. The molecule has 0 aliphatic carbocycles. The lowest BCUT2D eigenvalue weighted by Crippen LogP contribution is -2.36. The minimum absolute atomic E-state index is 0.00278. The lowest BCUT2D eigenvalue weighted by Gasteiger charge is -2.23. The Kier molecular flexibility index (Phi) is 4.03. The summed E-state index contributed by atoms with van der Waals surface area (Å²) in [6.45, 7) is -0.00278. The first kappa shape index (κ1) is 15.1. The van der Waals surface area contributed by atoms with Crippen LogP contribution in [0.1, 0.15) is 6.42 Å². The first-order valence-corrected chi connectivity index (χ1v) is 6.00. The molecule has 1 saturated heterocycles. The van der Waals surface area contributed by atoms with E-state index in [0.717, 1.165) is 11.0 Å². The van der Waals surface area contributed by atoms with Crippen LogP contribution in [0.5, 0.6) is 0 Å². The largest absolute Gasteiger partial charge is 0.480 e. The van der Waals surface area contributed by atoms with Gasteiger partial charge in [-0.3, -0.25) is 10.1 Å². The molecule has 9 heteroatoms. The quantitative estimate of drug-likeness (QED) is 0.670. The lowest BCUT2D eigenvalue weighted by molar-refractivity contribution is -0.386. The molecule has 21 heavy (non-hydrogen) atoms. The van der Waals surface area contributed by atoms with E-state index in [1.54, 1.807) is 0 Å². The number of ether oxygens (including phenoxy) is 1. The van der Waals surface area contributed by atoms with Crippen molar-refractivity contribution in [2.24, 2.45) is 0 Å². The molecule has 0 saturated carbocycles. The Bertz CT molecular complexity index is 595. The fourth-order valence-electron chi connectivity index (χ4n) is 2.42. The number of nitrogens with zero attached hydrogens (tertiary/aromatic N) is 2. The molecular weight excluding hydrogens is 290 g/mol. The van der Waals surface area contributed by atoms with Crippen molar-refractivity contribution in [3.8, 4) is 0 Å². The van der Waals surface area contributed by atoms with Crippen molar-refractivity contribution >= 4 is 17.3 Å². The second-order valence-corrected chi connectivity index (χ2v) is 4.61. The Morgan fingerprint density at radius 3 is 2.71 bits per heavy atom. The van der Waals surface area contributed by atoms with E-state index in [-0.39, 0.29) is 13.0 Å². The van der Waals surface area contributed by atoms with Gasteiger partial charge in [0.15, 0.2) is 0 Å². The Morgan fingerprint density at radius 1 is 1.52 bits per heavy atom. The van der Waals surface area contributed by atoms with Crippen molar-refractivity contribution in [1.29, 1.82) is 0 Å². The first-order valence-electron chi connectivity index (χ1n) is 6.00. The fraction of sp³-hybridized carbons (Fsp3) is 0.417. The summed E-state index contributed by atoms with van der Waals surface area (Å²) in [5.74, 6) is -3.60. The Morgan fingerprint density at radius 2 is 2.19 bits per heavy atom. The van der Waals surface area contributed by atoms with E-state index in [0.29, 0.717) is 6.07 Å². The van der Waals surface area contributed by atoms with Gasteiger partial charge in [-0.15, -0.1) is 0 Å². The van der Waals surface area contributed by atoms with Crippen LogP contribution >= 0.6 is 0 Å². The molecule has 114 valence electrons. The molecule has 0 radical (unpaired) electrons. The van der Waals surface area contributed by atoms with Crippen molar-refractivity contribution in [2.75, 3.05) is 18.6 Å². The van der Waals surface area contributed by atoms with E-state index >= 15 is 0 Å². The highest BCUT2D eigenvalue weighted by Gasteiger charge is 2.40. The van der Waals surface area contributed by atoms with Crippen LogP contribution in [-0.4, -0.2) is 41.8 Å². The van der Waals surface area contributed by atoms with E-state index in [2.05, 4.69) is 0 Å². The lowest BCUT2D eigenvalue weighted by atomic mass is 10.1. The monoisotopic (exact) mass is 302 g/mol. The second-order valence-electron chi connectivity index (χ2n) is 4.61. The van der Waals surface area contributed by atoms with Gasteiger partial charge in [0.25, 0.3) is 0 Å². The molecule has 0 aromatic heterocycles. The third kappa shape index (κ3) is 2.77. The number of halogens is 2. The number of rotatable bonds is 4. The number of aliphatic carboxylic acids is 1. The number of benzene rings is 1. The molecule has 1 aromatic carbocycles. The maximum atomic E-state index is 13.6. The number of methoxy groups -OCH3 is 1.